The summed E-state index contributed by atoms with van der Waals surface area (Å²) in [7, 11) is 1.65. The van der Waals surface area contributed by atoms with Crippen molar-refractivity contribution in [2.45, 2.75) is 0 Å². The highest BCUT2D eigenvalue weighted by molar-refractivity contribution is 14.1. The summed E-state index contributed by atoms with van der Waals surface area (Å²) in [5, 5.41) is 0. The van der Waals surface area contributed by atoms with Gasteiger partial charge in [0.1, 0.15) is 6.61 Å². The Hall–Kier alpha value is -0.0900. The number of benzene rings is 1. The van der Waals surface area contributed by atoms with Gasteiger partial charge in [-0.15, -0.1) is 0 Å². The summed E-state index contributed by atoms with van der Waals surface area (Å²) in [6, 6.07) is 8.13. The van der Waals surface area contributed by atoms with Crippen LogP contribution in [-0.4, -0.2) is 7.11 Å². The standard InChI is InChI=1S/C8H8IO/c1-10-6-7-2-4-8(9)5-3-7/h2-6H,1H3. The Labute approximate surface area is 74.5 Å². The average Bonchev–Trinajstić information content (AvgIpc) is 1.95. The van der Waals surface area contributed by atoms with Crippen molar-refractivity contribution in [1.29, 1.82) is 0 Å². The van der Waals surface area contributed by atoms with E-state index in [4.69, 9.17) is 4.74 Å². The van der Waals surface area contributed by atoms with Gasteiger partial charge in [-0.1, -0.05) is 12.1 Å². The molecule has 0 fully saturated rings. The monoisotopic (exact) mass is 247 g/mol. The molecule has 2 heteroatoms. The van der Waals surface area contributed by atoms with E-state index < -0.39 is 0 Å². The number of ether oxygens (including phenoxy) is 1. The second-order valence-electron chi connectivity index (χ2n) is 1.91. The number of hydrogen-bond acceptors (Lipinski definition) is 1. The molecule has 0 aromatic heterocycles. The van der Waals surface area contributed by atoms with Gasteiger partial charge < -0.3 is 4.74 Å². The molecule has 0 aliphatic rings. The van der Waals surface area contributed by atoms with Crippen LogP contribution in [0, 0.1) is 10.2 Å². The van der Waals surface area contributed by atoms with Crippen molar-refractivity contribution in [2.75, 3.05) is 7.11 Å². The zero-order valence-electron chi connectivity index (χ0n) is 5.67. The largest absolute Gasteiger partial charge is 0.374 e. The summed E-state index contributed by atoms with van der Waals surface area (Å²) in [4.78, 5) is 0. The van der Waals surface area contributed by atoms with Crippen molar-refractivity contribution in [3.05, 3.63) is 40.0 Å². The summed E-state index contributed by atoms with van der Waals surface area (Å²) < 4.78 is 6.08. The number of methoxy groups -OCH3 is 1. The van der Waals surface area contributed by atoms with E-state index in [1.165, 1.54) is 3.57 Å². The molecule has 0 spiro atoms. The van der Waals surface area contributed by atoms with Gasteiger partial charge in [-0.05, 0) is 40.3 Å². The average molecular weight is 247 g/mol. The van der Waals surface area contributed by atoms with Gasteiger partial charge in [0.25, 0.3) is 0 Å². The maximum atomic E-state index is 4.84. The Kier molecular flexibility index (Phi) is 3.15. The highest BCUT2D eigenvalue weighted by Gasteiger charge is 1.89. The Morgan fingerprint density at radius 3 is 2.40 bits per heavy atom. The molecule has 0 atom stereocenters. The first-order chi connectivity index (χ1) is 4.83. The first-order valence-electron chi connectivity index (χ1n) is 2.94. The van der Waals surface area contributed by atoms with Crippen molar-refractivity contribution in [3.63, 3.8) is 0 Å². The molecule has 1 aromatic rings. The quantitative estimate of drug-likeness (QED) is 0.729. The van der Waals surface area contributed by atoms with E-state index >= 15 is 0 Å². The molecule has 1 rings (SSSR count). The van der Waals surface area contributed by atoms with Crippen LogP contribution in [0.1, 0.15) is 5.56 Å². The number of halogens is 1. The second kappa shape index (κ2) is 3.93. The first kappa shape index (κ1) is 8.01. The Bertz CT molecular complexity index is 193. The van der Waals surface area contributed by atoms with Crippen LogP contribution in [0.25, 0.3) is 0 Å². The summed E-state index contributed by atoms with van der Waals surface area (Å²) in [5.41, 5.74) is 1.10. The summed E-state index contributed by atoms with van der Waals surface area (Å²) in [5.74, 6) is 0. The van der Waals surface area contributed by atoms with Gasteiger partial charge >= 0.3 is 0 Å². The van der Waals surface area contributed by atoms with Crippen LogP contribution < -0.4 is 0 Å². The lowest BCUT2D eigenvalue weighted by Gasteiger charge is -1.96. The Morgan fingerprint density at radius 1 is 1.30 bits per heavy atom. The lowest BCUT2D eigenvalue weighted by Crippen LogP contribution is -1.82. The third-order valence-corrected chi connectivity index (χ3v) is 1.84. The Morgan fingerprint density at radius 2 is 1.90 bits per heavy atom. The fraction of sp³-hybridized carbons (Fsp3) is 0.125. The lowest BCUT2D eigenvalue weighted by atomic mass is 10.2. The molecule has 0 saturated heterocycles. The first-order valence-corrected chi connectivity index (χ1v) is 4.02. The van der Waals surface area contributed by atoms with Crippen molar-refractivity contribution in [3.8, 4) is 0 Å². The molecule has 0 heterocycles. The highest BCUT2D eigenvalue weighted by atomic mass is 127. The Balaban J connectivity index is 2.69. The molecule has 0 saturated carbocycles. The van der Waals surface area contributed by atoms with Crippen LogP contribution >= 0.6 is 22.6 Å². The smallest absolute Gasteiger partial charge is 0.112 e. The van der Waals surface area contributed by atoms with Gasteiger partial charge in [-0.2, -0.15) is 0 Å². The molecule has 1 radical (unpaired) electrons. The van der Waals surface area contributed by atoms with Crippen LogP contribution in [0.4, 0.5) is 0 Å². The van der Waals surface area contributed by atoms with Crippen molar-refractivity contribution in [2.24, 2.45) is 0 Å². The van der Waals surface area contributed by atoms with Gasteiger partial charge in [0.2, 0.25) is 0 Å². The third kappa shape index (κ3) is 2.27. The molecule has 0 bridgehead atoms. The van der Waals surface area contributed by atoms with Gasteiger partial charge in [-0.3, -0.25) is 0 Å². The van der Waals surface area contributed by atoms with Crippen molar-refractivity contribution < 1.29 is 4.74 Å². The van der Waals surface area contributed by atoms with Gasteiger partial charge in [0, 0.05) is 10.7 Å². The third-order valence-electron chi connectivity index (χ3n) is 1.12. The van der Waals surface area contributed by atoms with Gasteiger partial charge in [0.05, 0.1) is 0 Å². The number of rotatable bonds is 2. The van der Waals surface area contributed by atoms with E-state index in [0.717, 1.165) is 5.56 Å². The lowest BCUT2D eigenvalue weighted by molar-refractivity contribution is 0.292. The van der Waals surface area contributed by atoms with Crippen LogP contribution in [0.15, 0.2) is 24.3 Å². The van der Waals surface area contributed by atoms with Crippen molar-refractivity contribution in [1.82, 2.24) is 0 Å². The maximum absolute atomic E-state index is 4.84. The normalized spacial score (nSPS) is 9.80. The van der Waals surface area contributed by atoms with Crippen LogP contribution in [0.5, 0.6) is 0 Å². The van der Waals surface area contributed by atoms with Crippen molar-refractivity contribution >= 4 is 22.6 Å². The molecule has 0 amide bonds. The molecular weight excluding hydrogens is 239 g/mol. The van der Waals surface area contributed by atoms with E-state index in [2.05, 4.69) is 22.6 Å². The molecule has 53 valence electrons. The van der Waals surface area contributed by atoms with Crippen LogP contribution in [-0.2, 0) is 4.74 Å². The maximum Gasteiger partial charge on any atom is 0.112 e. The summed E-state index contributed by atoms with van der Waals surface area (Å²) >= 11 is 2.27. The second-order valence-corrected chi connectivity index (χ2v) is 3.15. The topological polar surface area (TPSA) is 9.23 Å². The predicted octanol–water partition coefficient (Wildman–Crippen LogP) is 2.45. The molecule has 10 heavy (non-hydrogen) atoms. The zero-order chi connectivity index (χ0) is 7.40. The molecule has 0 aliphatic heterocycles. The fourth-order valence-electron chi connectivity index (χ4n) is 0.677. The molecule has 0 aliphatic carbocycles. The zero-order valence-corrected chi connectivity index (χ0v) is 7.83. The van der Waals surface area contributed by atoms with E-state index in [0.29, 0.717) is 0 Å². The SMILES string of the molecule is CO[CH]c1ccc(I)cc1. The summed E-state index contributed by atoms with van der Waals surface area (Å²) in [6.07, 6.45) is 0. The van der Waals surface area contributed by atoms with Crippen LogP contribution in [0.2, 0.25) is 0 Å². The van der Waals surface area contributed by atoms with E-state index in [9.17, 15) is 0 Å². The van der Waals surface area contributed by atoms with E-state index in [1.807, 2.05) is 24.3 Å². The van der Waals surface area contributed by atoms with E-state index in [-0.39, 0.29) is 0 Å². The molecular formula is C8H8IO. The minimum Gasteiger partial charge on any atom is -0.374 e. The summed E-state index contributed by atoms with van der Waals surface area (Å²) in [6.45, 7) is 1.72. The molecule has 0 N–H and O–H groups in total. The minimum atomic E-state index is 1.10. The molecule has 1 nitrogen and oxygen atoms in total. The fourth-order valence-corrected chi connectivity index (χ4v) is 1.04. The predicted molar refractivity (Wildman–Crippen MR) is 49.6 cm³/mol. The van der Waals surface area contributed by atoms with E-state index in [1.54, 1.807) is 13.7 Å². The van der Waals surface area contributed by atoms with Crippen LogP contribution in [0.3, 0.4) is 0 Å². The molecule has 0 unspecified atom stereocenters. The molecule has 1 aromatic carbocycles. The highest BCUT2D eigenvalue weighted by Crippen LogP contribution is 2.07. The van der Waals surface area contributed by atoms with Gasteiger partial charge in [0.15, 0.2) is 0 Å². The minimum absolute atomic E-state index is 1.10. The number of hydrogen-bond donors (Lipinski definition) is 0. The van der Waals surface area contributed by atoms with Gasteiger partial charge in [-0.25, -0.2) is 0 Å².